The van der Waals surface area contributed by atoms with Crippen molar-refractivity contribution in [1.82, 2.24) is 10.3 Å². The van der Waals surface area contributed by atoms with Gasteiger partial charge in [0, 0.05) is 23.5 Å². The molecule has 0 aliphatic carbocycles. The molecule has 0 spiro atoms. The number of nitrogens with one attached hydrogen (secondary N) is 2. The first kappa shape index (κ1) is 17.5. The van der Waals surface area contributed by atoms with Crippen molar-refractivity contribution in [3.8, 4) is 5.75 Å². The first-order valence-electron chi connectivity index (χ1n) is 7.80. The number of pyridine rings is 1. The summed E-state index contributed by atoms with van der Waals surface area (Å²) in [6, 6.07) is 10.1. The highest BCUT2D eigenvalue weighted by Crippen LogP contribution is 2.16. The van der Waals surface area contributed by atoms with E-state index in [2.05, 4.69) is 15.6 Å². The normalized spacial score (nSPS) is 10.3. The third-order valence-electron chi connectivity index (χ3n) is 3.10. The molecule has 0 aliphatic heterocycles. The summed E-state index contributed by atoms with van der Waals surface area (Å²) < 4.78 is 5.35. The fourth-order valence-corrected chi connectivity index (χ4v) is 2.04. The van der Waals surface area contributed by atoms with Gasteiger partial charge in [-0.05, 0) is 57.2 Å². The molecule has 24 heavy (non-hydrogen) atoms. The highest BCUT2D eigenvalue weighted by molar-refractivity contribution is 6.04. The van der Waals surface area contributed by atoms with Crippen LogP contribution in [0.2, 0.25) is 0 Å². The lowest BCUT2D eigenvalue weighted by atomic mass is 10.2. The smallest absolute Gasteiger partial charge is 0.274 e. The van der Waals surface area contributed by atoms with Crippen LogP contribution in [0.3, 0.4) is 0 Å². The number of carbonyl (C=O) groups is 2. The van der Waals surface area contributed by atoms with Gasteiger partial charge in [-0.2, -0.15) is 0 Å². The quantitative estimate of drug-likeness (QED) is 0.855. The van der Waals surface area contributed by atoms with Gasteiger partial charge in [-0.15, -0.1) is 0 Å². The zero-order chi connectivity index (χ0) is 17.5. The molecule has 2 N–H and O–H groups in total. The van der Waals surface area contributed by atoms with Gasteiger partial charge in [-0.25, -0.2) is 0 Å². The molecule has 0 saturated heterocycles. The van der Waals surface area contributed by atoms with Gasteiger partial charge in [0.05, 0.1) is 6.61 Å². The minimum Gasteiger partial charge on any atom is -0.494 e. The van der Waals surface area contributed by atoms with Crippen molar-refractivity contribution >= 4 is 17.5 Å². The fourth-order valence-electron chi connectivity index (χ4n) is 2.04. The number of rotatable bonds is 6. The van der Waals surface area contributed by atoms with Gasteiger partial charge in [-0.3, -0.25) is 14.6 Å². The lowest BCUT2D eigenvalue weighted by Gasteiger charge is -2.09. The number of nitrogens with zero attached hydrogens (tertiary/aromatic N) is 1. The van der Waals surface area contributed by atoms with Crippen molar-refractivity contribution < 1.29 is 14.3 Å². The van der Waals surface area contributed by atoms with Gasteiger partial charge in [0.2, 0.25) is 0 Å². The number of aromatic nitrogens is 1. The summed E-state index contributed by atoms with van der Waals surface area (Å²) in [7, 11) is 0. The van der Waals surface area contributed by atoms with Crippen LogP contribution in [0.1, 0.15) is 41.6 Å². The molecule has 0 aliphatic rings. The fraction of sp³-hybridized carbons (Fsp3) is 0.278. The van der Waals surface area contributed by atoms with E-state index in [0.717, 1.165) is 5.75 Å². The second-order valence-electron chi connectivity index (χ2n) is 5.47. The number of amides is 2. The van der Waals surface area contributed by atoms with E-state index in [9.17, 15) is 9.59 Å². The average Bonchev–Trinajstić information content (AvgIpc) is 2.56. The molecule has 1 heterocycles. The Morgan fingerprint density at radius 3 is 2.46 bits per heavy atom. The summed E-state index contributed by atoms with van der Waals surface area (Å²) in [6.07, 6.45) is 1.45. The van der Waals surface area contributed by atoms with Crippen molar-refractivity contribution in [1.29, 1.82) is 0 Å². The van der Waals surface area contributed by atoms with Crippen molar-refractivity contribution in [3.05, 3.63) is 53.9 Å². The van der Waals surface area contributed by atoms with Gasteiger partial charge in [-0.1, -0.05) is 0 Å². The van der Waals surface area contributed by atoms with E-state index < -0.39 is 0 Å². The van der Waals surface area contributed by atoms with Crippen LogP contribution >= 0.6 is 0 Å². The van der Waals surface area contributed by atoms with E-state index in [1.807, 2.05) is 20.8 Å². The van der Waals surface area contributed by atoms with E-state index >= 15 is 0 Å². The predicted molar refractivity (Wildman–Crippen MR) is 92.4 cm³/mol. The van der Waals surface area contributed by atoms with Gasteiger partial charge in [0.15, 0.2) is 0 Å². The second kappa shape index (κ2) is 8.10. The molecule has 126 valence electrons. The van der Waals surface area contributed by atoms with Crippen LogP contribution in [0, 0.1) is 0 Å². The first-order valence-corrected chi connectivity index (χ1v) is 7.80. The Labute approximate surface area is 141 Å². The Morgan fingerprint density at radius 2 is 1.83 bits per heavy atom. The zero-order valence-electron chi connectivity index (χ0n) is 14.0. The Bertz CT molecular complexity index is 712. The van der Waals surface area contributed by atoms with Crippen molar-refractivity contribution in [2.45, 2.75) is 26.8 Å². The largest absolute Gasteiger partial charge is 0.494 e. The second-order valence-corrected chi connectivity index (χ2v) is 5.47. The Hall–Kier alpha value is -2.89. The van der Waals surface area contributed by atoms with Crippen LogP contribution in [0.4, 0.5) is 5.69 Å². The third kappa shape index (κ3) is 4.81. The molecule has 0 unspecified atom stereocenters. The molecule has 0 radical (unpaired) electrons. The molecule has 1 aromatic carbocycles. The maximum atomic E-state index is 12.3. The summed E-state index contributed by atoms with van der Waals surface area (Å²) in [6.45, 7) is 6.24. The summed E-state index contributed by atoms with van der Waals surface area (Å²) in [5.74, 6) is 0.127. The number of anilines is 1. The van der Waals surface area contributed by atoms with Crippen molar-refractivity contribution in [2.75, 3.05) is 11.9 Å². The number of hydrogen-bond acceptors (Lipinski definition) is 4. The molecule has 0 saturated carbocycles. The van der Waals surface area contributed by atoms with Crippen LogP contribution in [0.5, 0.6) is 5.75 Å². The highest BCUT2D eigenvalue weighted by Gasteiger charge is 2.12. The Morgan fingerprint density at radius 1 is 1.12 bits per heavy atom. The van der Waals surface area contributed by atoms with E-state index in [0.29, 0.717) is 17.9 Å². The molecule has 0 atom stereocenters. The van der Waals surface area contributed by atoms with E-state index in [-0.39, 0.29) is 23.6 Å². The van der Waals surface area contributed by atoms with E-state index in [1.165, 1.54) is 12.3 Å². The van der Waals surface area contributed by atoms with Crippen molar-refractivity contribution in [3.63, 3.8) is 0 Å². The molecule has 2 rings (SSSR count). The number of ether oxygens (including phenoxy) is 1. The lowest BCUT2D eigenvalue weighted by Crippen LogP contribution is -2.30. The maximum Gasteiger partial charge on any atom is 0.274 e. The predicted octanol–water partition coefficient (Wildman–Crippen LogP) is 2.87. The van der Waals surface area contributed by atoms with Crippen LogP contribution in [0.15, 0.2) is 42.6 Å². The molecular formula is C18H21N3O3. The summed E-state index contributed by atoms with van der Waals surface area (Å²) in [5.41, 5.74) is 1.21. The van der Waals surface area contributed by atoms with Crippen LogP contribution in [0.25, 0.3) is 0 Å². The summed E-state index contributed by atoms with van der Waals surface area (Å²) >= 11 is 0. The SMILES string of the molecule is CCOc1ccc(NC(=O)c2cc(C(=O)NC(C)C)ccn2)cc1. The van der Waals surface area contributed by atoms with Crippen LogP contribution < -0.4 is 15.4 Å². The molecule has 0 bridgehead atoms. The molecule has 1 aromatic heterocycles. The molecular weight excluding hydrogens is 306 g/mol. The lowest BCUT2D eigenvalue weighted by molar-refractivity contribution is 0.0943. The molecule has 0 fully saturated rings. The van der Waals surface area contributed by atoms with Gasteiger partial charge < -0.3 is 15.4 Å². The van der Waals surface area contributed by atoms with E-state index in [4.69, 9.17) is 4.74 Å². The Kier molecular flexibility index (Phi) is 5.89. The third-order valence-corrected chi connectivity index (χ3v) is 3.10. The molecule has 6 heteroatoms. The Balaban J connectivity index is 2.08. The van der Waals surface area contributed by atoms with Gasteiger partial charge in [0.1, 0.15) is 11.4 Å². The van der Waals surface area contributed by atoms with Crippen LogP contribution in [-0.2, 0) is 0 Å². The summed E-state index contributed by atoms with van der Waals surface area (Å²) in [4.78, 5) is 28.3. The average molecular weight is 327 g/mol. The highest BCUT2D eigenvalue weighted by atomic mass is 16.5. The minimum absolute atomic E-state index is 0.0202. The maximum absolute atomic E-state index is 12.3. The molecule has 2 amide bonds. The number of benzene rings is 1. The minimum atomic E-state index is -0.377. The topological polar surface area (TPSA) is 80.3 Å². The number of hydrogen-bond donors (Lipinski definition) is 2. The molecule has 2 aromatic rings. The van der Waals surface area contributed by atoms with Gasteiger partial charge in [0.25, 0.3) is 11.8 Å². The monoisotopic (exact) mass is 327 g/mol. The zero-order valence-corrected chi connectivity index (χ0v) is 14.0. The number of carbonyl (C=O) groups excluding carboxylic acids is 2. The van der Waals surface area contributed by atoms with E-state index in [1.54, 1.807) is 30.3 Å². The summed E-state index contributed by atoms with van der Waals surface area (Å²) in [5, 5.41) is 5.53. The van der Waals surface area contributed by atoms with Crippen LogP contribution in [-0.4, -0.2) is 29.4 Å². The van der Waals surface area contributed by atoms with Gasteiger partial charge >= 0.3 is 0 Å². The molecule has 6 nitrogen and oxygen atoms in total. The first-order chi connectivity index (χ1) is 11.5. The van der Waals surface area contributed by atoms with Crippen molar-refractivity contribution in [2.24, 2.45) is 0 Å². The standard InChI is InChI=1S/C18H21N3O3/c1-4-24-15-7-5-14(6-8-15)21-18(23)16-11-13(9-10-19-16)17(22)20-12(2)3/h5-12H,4H2,1-3H3,(H,20,22)(H,21,23).